The maximum absolute atomic E-state index is 12.4. The minimum atomic E-state index is -0.0741. The minimum Gasteiger partial charge on any atom is -0.376 e. The lowest BCUT2D eigenvalue weighted by molar-refractivity contribution is -0.123. The summed E-state index contributed by atoms with van der Waals surface area (Å²) < 4.78 is 6.60. The maximum Gasteiger partial charge on any atom is 0.276 e. The van der Waals surface area contributed by atoms with Crippen LogP contribution >= 0.6 is 39.5 Å². The van der Waals surface area contributed by atoms with E-state index in [4.69, 9.17) is 17.0 Å². The second-order valence-corrected chi connectivity index (χ2v) is 7.56. The van der Waals surface area contributed by atoms with Crippen LogP contribution in [0, 0.1) is 0 Å². The van der Waals surface area contributed by atoms with Crippen molar-refractivity contribution in [2.45, 2.75) is 18.9 Å². The lowest BCUT2D eigenvalue weighted by Crippen LogP contribution is -2.37. The van der Waals surface area contributed by atoms with Gasteiger partial charge in [-0.3, -0.25) is 9.69 Å². The van der Waals surface area contributed by atoms with Crippen LogP contribution < -0.4 is 5.32 Å². The van der Waals surface area contributed by atoms with Crippen LogP contribution in [0.4, 0.5) is 0 Å². The molecule has 1 aromatic rings. The number of thiocarbonyl (C=S) groups is 1. The summed E-state index contributed by atoms with van der Waals surface area (Å²) in [6.07, 6.45) is 3.98. The number of carbonyl (C=O) groups excluding carboxylic acids is 1. The average molecular weight is 373 g/mol. The molecule has 2 saturated heterocycles. The smallest absolute Gasteiger partial charge is 0.276 e. The van der Waals surface area contributed by atoms with Gasteiger partial charge in [-0.05, 0) is 59.2 Å². The fourth-order valence-electron chi connectivity index (χ4n) is 2.28. The first-order valence-electron chi connectivity index (χ1n) is 6.35. The first-order chi connectivity index (χ1) is 9.63. The zero-order valence-electron chi connectivity index (χ0n) is 10.6. The molecule has 1 N–H and O–H groups in total. The highest BCUT2D eigenvalue weighted by Crippen LogP contribution is 2.25. The van der Waals surface area contributed by atoms with Crippen LogP contribution in [0.1, 0.15) is 17.7 Å². The van der Waals surface area contributed by atoms with Gasteiger partial charge in [0.15, 0.2) is 5.11 Å². The molecule has 3 heterocycles. The number of hydrogen-bond donors (Lipinski definition) is 1. The Balaban J connectivity index is 1.74. The second kappa shape index (κ2) is 5.93. The molecule has 0 saturated carbocycles. The van der Waals surface area contributed by atoms with Gasteiger partial charge in [-0.25, -0.2) is 0 Å². The van der Waals surface area contributed by atoms with Crippen LogP contribution in [-0.4, -0.2) is 35.2 Å². The molecule has 1 amide bonds. The normalized spacial score (nSPS) is 24.8. The van der Waals surface area contributed by atoms with Crippen molar-refractivity contribution >= 4 is 56.6 Å². The molecule has 0 aromatic carbocycles. The van der Waals surface area contributed by atoms with Gasteiger partial charge in [0.05, 0.1) is 16.4 Å². The van der Waals surface area contributed by atoms with Gasteiger partial charge >= 0.3 is 0 Å². The summed E-state index contributed by atoms with van der Waals surface area (Å²) in [5, 5.41) is 3.46. The van der Waals surface area contributed by atoms with Gasteiger partial charge in [-0.1, -0.05) is 0 Å². The first kappa shape index (κ1) is 14.2. The minimum absolute atomic E-state index is 0.0741. The predicted octanol–water partition coefficient (Wildman–Crippen LogP) is 2.75. The molecular weight excluding hydrogens is 360 g/mol. The van der Waals surface area contributed by atoms with Gasteiger partial charge in [0.2, 0.25) is 0 Å². The zero-order valence-corrected chi connectivity index (χ0v) is 13.8. The van der Waals surface area contributed by atoms with Gasteiger partial charge in [-0.15, -0.1) is 11.3 Å². The van der Waals surface area contributed by atoms with Crippen molar-refractivity contribution in [2.24, 2.45) is 0 Å². The monoisotopic (exact) mass is 372 g/mol. The third-order valence-electron chi connectivity index (χ3n) is 3.25. The van der Waals surface area contributed by atoms with Crippen molar-refractivity contribution in [1.29, 1.82) is 0 Å². The number of halogens is 1. The quantitative estimate of drug-likeness (QED) is 0.654. The van der Waals surface area contributed by atoms with E-state index in [0.29, 0.717) is 17.4 Å². The molecule has 0 radical (unpaired) electrons. The highest BCUT2D eigenvalue weighted by Gasteiger charge is 2.33. The Kier molecular flexibility index (Phi) is 4.21. The summed E-state index contributed by atoms with van der Waals surface area (Å²) in [7, 11) is 0. The lowest BCUT2D eigenvalue weighted by Gasteiger charge is -2.18. The molecule has 2 aliphatic rings. The van der Waals surface area contributed by atoms with Crippen molar-refractivity contribution in [2.75, 3.05) is 13.2 Å². The van der Waals surface area contributed by atoms with Crippen LogP contribution in [0.2, 0.25) is 0 Å². The second-order valence-electron chi connectivity index (χ2n) is 4.68. The van der Waals surface area contributed by atoms with E-state index in [9.17, 15) is 4.79 Å². The topological polar surface area (TPSA) is 41.6 Å². The summed E-state index contributed by atoms with van der Waals surface area (Å²) in [4.78, 5) is 15.0. The fraction of sp³-hybridized carbons (Fsp3) is 0.385. The third kappa shape index (κ3) is 2.95. The fourth-order valence-corrected chi connectivity index (χ4v) is 3.91. The molecule has 1 aromatic heterocycles. The van der Waals surface area contributed by atoms with Gasteiger partial charge < -0.3 is 10.1 Å². The summed E-state index contributed by atoms with van der Waals surface area (Å²) in [6, 6.07) is 3.92. The standard InChI is InChI=1S/C13H13BrN2O2S2/c14-11-4-3-9(20-11)6-10-12(17)16(13(19)15-10)7-8-2-1-5-18-8/h3-4,6,8H,1-2,5,7H2,(H,15,19). The van der Waals surface area contributed by atoms with Crippen LogP contribution in [0.25, 0.3) is 6.08 Å². The number of rotatable bonds is 3. The molecule has 3 rings (SSSR count). The maximum atomic E-state index is 12.4. The highest BCUT2D eigenvalue weighted by molar-refractivity contribution is 9.11. The SMILES string of the molecule is O=C1C(=Cc2ccc(Br)s2)NC(=S)N1CC1CCCO1. The van der Waals surface area contributed by atoms with Crippen LogP contribution in [0.5, 0.6) is 0 Å². The number of carbonyl (C=O) groups is 1. The van der Waals surface area contributed by atoms with Gasteiger partial charge in [0.1, 0.15) is 5.70 Å². The summed E-state index contributed by atoms with van der Waals surface area (Å²) in [6.45, 7) is 1.31. The summed E-state index contributed by atoms with van der Waals surface area (Å²) in [5.41, 5.74) is 0.530. The molecule has 0 bridgehead atoms. The Morgan fingerprint density at radius 1 is 1.60 bits per heavy atom. The van der Waals surface area contributed by atoms with E-state index in [1.807, 2.05) is 18.2 Å². The Morgan fingerprint density at radius 3 is 3.10 bits per heavy atom. The molecule has 2 aliphatic heterocycles. The number of nitrogens with one attached hydrogen (secondary N) is 1. The number of hydrogen-bond acceptors (Lipinski definition) is 4. The molecule has 1 atom stereocenters. The van der Waals surface area contributed by atoms with E-state index in [1.54, 1.807) is 16.2 Å². The molecule has 7 heteroatoms. The van der Waals surface area contributed by atoms with Crippen LogP contribution in [-0.2, 0) is 9.53 Å². The van der Waals surface area contributed by atoms with Crippen molar-refractivity contribution in [3.05, 3.63) is 26.5 Å². The molecular formula is C13H13BrN2O2S2. The van der Waals surface area contributed by atoms with Crippen molar-refractivity contribution in [3.8, 4) is 0 Å². The first-order valence-corrected chi connectivity index (χ1v) is 8.37. The number of ether oxygens (including phenoxy) is 1. The molecule has 0 spiro atoms. The van der Waals surface area contributed by atoms with Crippen molar-refractivity contribution in [3.63, 3.8) is 0 Å². The van der Waals surface area contributed by atoms with Crippen LogP contribution in [0.15, 0.2) is 21.6 Å². The molecule has 0 aliphatic carbocycles. The van der Waals surface area contributed by atoms with E-state index >= 15 is 0 Å². The van der Waals surface area contributed by atoms with Gasteiger partial charge in [0, 0.05) is 11.5 Å². The third-order valence-corrected chi connectivity index (χ3v) is 5.15. The number of amides is 1. The highest BCUT2D eigenvalue weighted by atomic mass is 79.9. The predicted molar refractivity (Wildman–Crippen MR) is 86.4 cm³/mol. The molecule has 106 valence electrons. The summed E-state index contributed by atoms with van der Waals surface area (Å²) in [5.74, 6) is -0.0741. The Morgan fingerprint density at radius 2 is 2.45 bits per heavy atom. The van der Waals surface area contributed by atoms with E-state index in [2.05, 4.69) is 21.2 Å². The van der Waals surface area contributed by atoms with E-state index in [0.717, 1.165) is 28.1 Å². The zero-order chi connectivity index (χ0) is 14.1. The van der Waals surface area contributed by atoms with Gasteiger partial charge in [0.25, 0.3) is 5.91 Å². The molecule has 20 heavy (non-hydrogen) atoms. The number of thiophene rings is 1. The number of nitrogens with zero attached hydrogens (tertiary/aromatic N) is 1. The van der Waals surface area contributed by atoms with Crippen molar-refractivity contribution in [1.82, 2.24) is 10.2 Å². The largest absolute Gasteiger partial charge is 0.376 e. The average Bonchev–Trinajstić information content (AvgIpc) is 3.10. The Hall–Kier alpha value is -0.760. The molecule has 4 nitrogen and oxygen atoms in total. The van der Waals surface area contributed by atoms with Crippen molar-refractivity contribution < 1.29 is 9.53 Å². The molecule has 2 fully saturated rings. The Labute approximate surface area is 134 Å². The summed E-state index contributed by atoms with van der Waals surface area (Å²) >= 11 is 10.2. The lowest BCUT2D eigenvalue weighted by atomic mass is 10.2. The van der Waals surface area contributed by atoms with E-state index in [-0.39, 0.29) is 12.0 Å². The Bertz CT molecular complexity index is 579. The molecule has 1 unspecified atom stereocenters. The van der Waals surface area contributed by atoms with Crippen LogP contribution in [0.3, 0.4) is 0 Å². The van der Waals surface area contributed by atoms with E-state index < -0.39 is 0 Å². The van der Waals surface area contributed by atoms with E-state index in [1.165, 1.54) is 0 Å². The van der Waals surface area contributed by atoms with Gasteiger partial charge in [-0.2, -0.15) is 0 Å².